The normalized spacial score (nSPS) is 11.4. The number of aryl methyl sites for hydroxylation is 1. The third kappa shape index (κ3) is 3.66. The Bertz CT molecular complexity index is 611. The number of benzene rings is 1. The Morgan fingerprint density at radius 3 is 2.55 bits per heavy atom. The van der Waals surface area contributed by atoms with Crippen LogP contribution in [0.25, 0.3) is 0 Å². The first-order chi connectivity index (χ1) is 9.34. The molecule has 0 bridgehead atoms. The van der Waals surface area contributed by atoms with E-state index in [-0.39, 0.29) is 18.2 Å². The van der Waals surface area contributed by atoms with Gasteiger partial charge in [-0.25, -0.2) is 14.4 Å². The van der Waals surface area contributed by atoms with Crippen molar-refractivity contribution in [3.05, 3.63) is 53.1 Å². The summed E-state index contributed by atoms with van der Waals surface area (Å²) in [7, 11) is 0. The molecule has 3 nitrogen and oxygen atoms in total. The highest BCUT2D eigenvalue weighted by atomic mass is 19.4. The summed E-state index contributed by atoms with van der Waals surface area (Å²) in [6.07, 6.45) is -4.52. The van der Waals surface area contributed by atoms with E-state index in [1.54, 1.807) is 6.07 Å². The topological polar surface area (TPSA) is 37.8 Å². The maximum atomic E-state index is 13.0. The van der Waals surface area contributed by atoms with Crippen molar-refractivity contribution >= 4 is 5.95 Å². The third-order valence-electron chi connectivity index (χ3n) is 2.48. The lowest BCUT2D eigenvalue weighted by Crippen LogP contribution is -2.12. The molecule has 0 unspecified atom stereocenters. The molecule has 0 amide bonds. The molecule has 2 rings (SSSR count). The molecule has 1 heterocycles. The van der Waals surface area contributed by atoms with Gasteiger partial charge in [-0.05, 0) is 30.7 Å². The van der Waals surface area contributed by atoms with Crippen molar-refractivity contribution in [1.29, 1.82) is 0 Å². The van der Waals surface area contributed by atoms with Gasteiger partial charge in [-0.1, -0.05) is 12.1 Å². The zero-order valence-electron chi connectivity index (χ0n) is 10.5. The Labute approximate surface area is 112 Å². The largest absolute Gasteiger partial charge is 0.433 e. The summed E-state index contributed by atoms with van der Waals surface area (Å²) in [5.41, 5.74) is -0.218. The maximum Gasteiger partial charge on any atom is 0.433 e. The predicted octanol–water partition coefficient (Wildman–Crippen LogP) is 3.56. The van der Waals surface area contributed by atoms with Crippen molar-refractivity contribution in [2.45, 2.75) is 19.6 Å². The van der Waals surface area contributed by atoms with Crippen LogP contribution in [0.2, 0.25) is 0 Å². The van der Waals surface area contributed by atoms with Crippen LogP contribution in [-0.2, 0) is 12.7 Å². The van der Waals surface area contributed by atoms with Crippen LogP contribution in [0.4, 0.5) is 23.5 Å². The minimum absolute atomic E-state index is 0.137. The van der Waals surface area contributed by atoms with Gasteiger partial charge in [0.2, 0.25) is 5.95 Å². The lowest BCUT2D eigenvalue weighted by Gasteiger charge is -2.10. The van der Waals surface area contributed by atoms with Gasteiger partial charge in [-0.3, -0.25) is 0 Å². The van der Waals surface area contributed by atoms with Gasteiger partial charge in [0.1, 0.15) is 11.5 Å². The summed E-state index contributed by atoms with van der Waals surface area (Å²) in [4.78, 5) is 7.27. The molecule has 0 saturated carbocycles. The number of anilines is 1. The van der Waals surface area contributed by atoms with Gasteiger partial charge in [-0.15, -0.1) is 0 Å². The van der Waals surface area contributed by atoms with Crippen LogP contribution in [-0.4, -0.2) is 9.97 Å². The number of nitrogens with one attached hydrogen (secondary N) is 1. The molecule has 1 aromatic heterocycles. The maximum absolute atomic E-state index is 13.0. The number of rotatable bonds is 3. The molecule has 2 aromatic rings. The van der Waals surface area contributed by atoms with E-state index in [4.69, 9.17) is 0 Å². The van der Waals surface area contributed by atoms with Crippen molar-refractivity contribution in [3.8, 4) is 0 Å². The molecule has 0 atom stereocenters. The van der Waals surface area contributed by atoms with E-state index in [1.807, 2.05) is 0 Å². The molecule has 0 radical (unpaired) electrons. The van der Waals surface area contributed by atoms with E-state index in [1.165, 1.54) is 25.1 Å². The molecular formula is C13H11F4N3. The zero-order chi connectivity index (χ0) is 14.8. The first-order valence-corrected chi connectivity index (χ1v) is 5.76. The molecule has 20 heavy (non-hydrogen) atoms. The molecule has 106 valence electrons. The second kappa shape index (κ2) is 5.44. The van der Waals surface area contributed by atoms with Gasteiger partial charge in [0.05, 0.1) is 0 Å². The van der Waals surface area contributed by atoms with Gasteiger partial charge in [0, 0.05) is 12.2 Å². The molecular weight excluding hydrogens is 274 g/mol. The van der Waals surface area contributed by atoms with Crippen molar-refractivity contribution in [2.75, 3.05) is 5.32 Å². The number of alkyl halides is 3. The number of halogens is 4. The van der Waals surface area contributed by atoms with Crippen LogP contribution in [0.5, 0.6) is 0 Å². The summed E-state index contributed by atoms with van der Waals surface area (Å²) in [6, 6.07) is 6.61. The monoisotopic (exact) mass is 285 g/mol. The van der Waals surface area contributed by atoms with Crippen LogP contribution in [0.3, 0.4) is 0 Å². The third-order valence-corrected chi connectivity index (χ3v) is 2.48. The minimum Gasteiger partial charge on any atom is -0.350 e. The molecule has 0 aliphatic heterocycles. The Kier molecular flexibility index (Phi) is 3.87. The fraction of sp³-hybridized carbons (Fsp3) is 0.231. The number of hydrogen-bond acceptors (Lipinski definition) is 3. The lowest BCUT2D eigenvalue weighted by molar-refractivity contribution is -0.141. The number of hydrogen-bond donors (Lipinski definition) is 1. The summed E-state index contributed by atoms with van der Waals surface area (Å²) >= 11 is 0. The van der Waals surface area contributed by atoms with Crippen LogP contribution < -0.4 is 5.32 Å². The van der Waals surface area contributed by atoms with E-state index in [0.29, 0.717) is 5.56 Å². The van der Waals surface area contributed by atoms with Crippen LogP contribution in [0.1, 0.15) is 17.0 Å². The summed E-state index contributed by atoms with van der Waals surface area (Å²) < 4.78 is 50.8. The lowest BCUT2D eigenvalue weighted by atomic mass is 10.2. The van der Waals surface area contributed by atoms with E-state index >= 15 is 0 Å². The molecule has 1 N–H and O–H groups in total. The fourth-order valence-corrected chi connectivity index (χ4v) is 1.62. The highest BCUT2D eigenvalue weighted by Crippen LogP contribution is 2.28. The summed E-state index contributed by atoms with van der Waals surface area (Å²) in [5, 5.41) is 2.65. The van der Waals surface area contributed by atoms with Crippen LogP contribution >= 0.6 is 0 Å². The first kappa shape index (κ1) is 14.2. The highest BCUT2D eigenvalue weighted by molar-refractivity contribution is 5.31. The van der Waals surface area contributed by atoms with Gasteiger partial charge in [0.15, 0.2) is 0 Å². The minimum atomic E-state index is -4.52. The Morgan fingerprint density at radius 2 is 1.90 bits per heavy atom. The van der Waals surface area contributed by atoms with E-state index in [9.17, 15) is 17.6 Å². The van der Waals surface area contributed by atoms with E-state index in [0.717, 1.165) is 6.07 Å². The Morgan fingerprint density at radius 1 is 1.15 bits per heavy atom. The second-order valence-corrected chi connectivity index (χ2v) is 4.20. The van der Waals surface area contributed by atoms with Gasteiger partial charge < -0.3 is 5.32 Å². The SMILES string of the molecule is Cc1cc(C(F)(F)F)nc(NCc2cccc(F)c2)n1. The smallest absolute Gasteiger partial charge is 0.350 e. The van der Waals surface area contributed by atoms with Gasteiger partial charge in [0.25, 0.3) is 0 Å². The fourth-order valence-electron chi connectivity index (χ4n) is 1.62. The molecule has 0 aliphatic rings. The quantitative estimate of drug-likeness (QED) is 0.876. The van der Waals surface area contributed by atoms with Crippen LogP contribution in [0, 0.1) is 12.7 Å². The van der Waals surface area contributed by atoms with Crippen molar-refractivity contribution in [3.63, 3.8) is 0 Å². The van der Waals surface area contributed by atoms with Crippen molar-refractivity contribution < 1.29 is 17.6 Å². The van der Waals surface area contributed by atoms with Crippen molar-refractivity contribution in [1.82, 2.24) is 9.97 Å². The molecule has 0 aliphatic carbocycles. The molecule has 7 heteroatoms. The molecule has 1 aromatic carbocycles. The van der Waals surface area contributed by atoms with Gasteiger partial charge >= 0.3 is 6.18 Å². The Hall–Kier alpha value is -2.18. The summed E-state index contributed by atoms with van der Waals surface area (Å²) in [6.45, 7) is 1.59. The zero-order valence-corrected chi connectivity index (χ0v) is 10.5. The highest BCUT2D eigenvalue weighted by Gasteiger charge is 2.33. The van der Waals surface area contributed by atoms with Gasteiger partial charge in [-0.2, -0.15) is 13.2 Å². The average Bonchev–Trinajstić information content (AvgIpc) is 2.35. The number of nitrogens with zero attached hydrogens (tertiary/aromatic N) is 2. The average molecular weight is 285 g/mol. The molecule has 0 fully saturated rings. The van der Waals surface area contributed by atoms with Crippen LogP contribution in [0.15, 0.2) is 30.3 Å². The van der Waals surface area contributed by atoms with E-state index < -0.39 is 17.7 Å². The second-order valence-electron chi connectivity index (χ2n) is 4.20. The van der Waals surface area contributed by atoms with E-state index in [2.05, 4.69) is 15.3 Å². The number of aromatic nitrogens is 2. The predicted molar refractivity (Wildman–Crippen MR) is 65.5 cm³/mol. The Balaban J connectivity index is 2.16. The van der Waals surface area contributed by atoms with Crippen molar-refractivity contribution in [2.24, 2.45) is 0 Å². The molecule has 0 spiro atoms. The standard InChI is InChI=1S/C13H11F4N3/c1-8-5-11(13(15,16)17)20-12(19-8)18-7-9-3-2-4-10(14)6-9/h2-6H,7H2,1H3,(H,18,19,20). The summed E-state index contributed by atoms with van der Waals surface area (Å²) in [5.74, 6) is -0.549. The first-order valence-electron chi connectivity index (χ1n) is 5.76. The molecule has 0 saturated heterocycles.